The molecule has 0 aromatic heterocycles. The zero-order valence-corrected chi connectivity index (χ0v) is 21.6. The molecule has 0 spiro atoms. The first-order valence-electron chi connectivity index (χ1n) is 11.4. The van der Waals surface area contributed by atoms with Crippen LogP contribution in [0.15, 0.2) is 76.3 Å². The maximum absolute atomic E-state index is 12.6. The average molecular weight is 555 g/mol. The highest BCUT2D eigenvalue weighted by Crippen LogP contribution is 2.29. The fraction of sp³-hybridized carbons (Fsp3) is 0.222. The van der Waals surface area contributed by atoms with Gasteiger partial charge in [-0.3, -0.25) is 4.79 Å². The molecule has 0 aliphatic carbocycles. The number of carbonyl (C=O) groups is 2. The van der Waals surface area contributed by atoms with E-state index in [0.29, 0.717) is 41.6 Å². The first-order valence-corrected chi connectivity index (χ1v) is 12.2. The van der Waals surface area contributed by atoms with Gasteiger partial charge in [0.25, 0.3) is 5.91 Å². The van der Waals surface area contributed by atoms with Gasteiger partial charge in [-0.25, -0.2) is 10.2 Å². The molecule has 0 saturated heterocycles. The number of hydrogen-bond acceptors (Lipinski definition) is 7. The first kappa shape index (κ1) is 26.7. The van der Waals surface area contributed by atoms with Gasteiger partial charge in [0.15, 0.2) is 18.1 Å². The molecule has 0 aliphatic heterocycles. The van der Waals surface area contributed by atoms with Crippen molar-refractivity contribution >= 4 is 34.0 Å². The Morgan fingerprint density at radius 3 is 2.28 bits per heavy atom. The van der Waals surface area contributed by atoms with E-state index in [1.807, 2.05) is 26.0 Å². The zero-order chi connectivity index (χ0) is 25.8. The minimum absolute atomic E-state index is 0.177. The Labute approximate surface area is 218 Å². The smallest absolute Gasteiger partial charge is 0.343 e. The number of ether oxygens (including phenoxy) is 4. The van der Waals surface area contributed by atoms with Gasteiger partial charge in [0, 0.05) is 4.47 Å². The van der Waals surface area contributed by atoms with Gasteiger partial charge in [0.2, 0.25) is 0 Å². The van der Waals surface area contributed by atoms with Crippen LogP contribution in [-0.2, 0) is 4.79 Å². The second-order valence-corrected chi connectivity index (χ2v) is 8.35. The quantitative estimate of drug-likeness (QED) is 0.140. The van der Waals surface area contributed by atoms with E-state index in [9.17, 15) is 9.59 Å². The van der Waals surface area contributed by atoms with E-state index in [4.69, 9.17) is 18.9 Å². The summed E-state index contributed by atoms with van der Waals surface area (Å²) in [4.78, 5) is 24.6. The highest BCUT2D eigenvalue weighted by atomic mass is 79.9. The van der Waals surface area contributed by atoms with Gasteiger partial charge < -0.3 is 18.9 Å². The Hall–Kier alpha value is -3.85. The largest absolute Gasteiger partial charge is 0.494 e. The molecule has 0 atom stereocenters. The number of halogens is 1. The molecule has 0 unspecified atom stereocenters. The standard InChI is InChI=1S/C27H27BrN2O6/c1-3-15-34-22-10-6-20(7-11-22)27(32)36-24-14-5-19(16-25(24)33-4-2)17-29-30-26(31)18-35-23-12-8-21(28)9-13-23/h5-14,16-17H,3-4,15,18H2,1-2H3,(H,30,31). The van der Waals surface area contributed by atoms with Crippen LogP contribution in [0.2, 0.25) is 0 Å². The number of hydrogen-bond donors (Lipinski definition) is 1. The van der Waals surface area contributed by atoms with Crippen LogP contribution in [-0.4, -0.2) is 37.9 Å². The highest BCUT2D eigenvalue weighted by Gasteiger charge is 2.13. The third-order valence-corrected chi connectivity index (χ3v) is 5.15. The Morgan fingerprint density at radius 1 is 0.889 bits per heavy atom. The maximum atomic E-state index is 12.6. The van der Waals surface area contributed by atoms with Crippen molar-refractivity contribution in [1.29, 1.82) is 0 Å². The van der Waals surface area contributed by atoms with E-state index >= 15 is 0 Å². The van der Waals surface area contributed by atoms with E-state index in [-0.39, 0.29) is 12.4 Å². The summed E-state index contributed by atoms with van der Waals surface area (Å²) in [5, 5.41) is 3.95. The number of benzene rings is 3. The molecular formula is C27H27BrN2O6. The van der Waals surface area contributed by atoms with Crippen LogP contribution < -0.4 is 24.4 Å². The first-order chi connectivity index (χ1) is 17.5. The van der Waals surface area contributed by atoms with Crippen molar-refractivity contribution in [2.75, 3.05) is 19.8 Å². The molecular weight excluding hydrogens is 528 g/mol. The predicted octanol–water partition coefficient (Wildman–Crippen LogP) is 5.38. The molecule has 3 aromatic rings. The molecule has 8 nitrogen and oxygen atoms in total. The van der Waals surface area contributed by atoms with Gasteiger partial charge in [0.1, 0.15) is 11.5 Å². The van der Waals surface area contributed by atoms with Crippen LogP contribution in [0.5, 0.6) is 23.0 Å². The molecule has 0 radical (unpaired) electrons. The monoisotopic (exact) mass is 554 g/mol. The van der Waals surface area contributed by atoms with Gasteiger partial charge in [-0.2, -0.15) is 5.10 Å². The Bertz CT molecular complexity index is 1180. The van der Waals surface area contributed by atoms with Crippen molar-refractivity contribution < 1.29 is 28.5 Å². The van der Waals surface area contributed by atoms with Crippen molar-refractivity contribution in [1.82, 2.24) is 5.43 Å². The summed E-state index contributed by atoms with van der Waals surface area (Å²) in [7, 11) is 0. The Balaban J connectivity index is 1.57. The van der Waals surface area contributed by atoms with Crippen molar-refractivity contribution in [2.24, 2.45) is 5.10 Å². The second-order valence-electron chi connectivity index (χ2n) is 7.44. The lowest BCUT2D eigenvalue weighted by Crippen LogP contribution is -2.24. The molecule has 3 rings (SSSR count). The van der Waals surface area contributed by atoms with E-state index in [1.54, 1.807) is 54.6 Å². The number of nitrogens with one attached hydrogen (secondary N) is 1. The van der Waals surface area contributed by atoms with Gasteiger partial charge in [0.05, 0.1) is 25.0 Å². The summed E-state index contributed by atoms with van der Waals surface area (Å²) in [6.07, 6.45) is 2.36. The lowest BCUT2D eigenvalue weighted by molar-refractivity contribution is -0.123. The van der Waals surface area contributed by atoms with Gasteiger partial charge >= 0.3 is 5.97 Å². The van der Waals surface area contributed by atoms with Gasteiger partial charge in [-0.15, -0.1) is 0 Å². The number of carbonyl (C=O) groups excluding carboxylic acids is 2. The number of amides is 1. The van der Waals surface area contributed by atoms with Gasteiger partial charge in [-0.05, 0) is 85.6 Å². The van der Waals surface area contributed by atoms with Crippen LogP contribution in [0, 0.1) is 0 Å². The summed E-state index contributed by atoms with van der Waals surface area (Å²) < 4.78 is 23.0. The number of rotatable bonds is 12. The van der Waals surface area contributed by atoms with E-state index in [2.05, 4.69) is 26.5 Å². The van der Waals surface area contributed by atoms with Crippen LogP contribution in [0.1, 0.15) is 36.2 Å². The minimum atomic E-state index is -0.516. The summed E-state index contributed by atoms with van der Waals surface area (Å²) in [5.74, 6) is 0.997. The van der Waals surface area contributed by atoms with E-state index in [1.165, 1.54) is 6.21 Å². The molecule has 0 bridgehead atoms. The van der Waals surface area contributed by atoms with Crippen molar-refractivity contribution in [2.45, 2.75) is 20.3 Å². The topological polar surface area (TPSA) is 95.5 Å². The molecule has 0 saturated carbocycles. The molecule has 36 heavy (non-hydrogen) atoms. The Kier molecular flexibility index (Phi) is 10.3. The summed E-state index contributed by atoms with van der Waals surface area (Å²) in [5.41, 5.74) is 3.44. The third-order valence-electron chi connectivity index (χ3n) is 4.62. The number of nitrogens with zero attached hydrogens (tertiary/aromatic N) is 1. The zero-order valence-electron chi connectivity index (χ0n) is 20.0. The SMILES string of the molecule is CCCOc1ccc(C(=O)Oc2ccc(C=NNC(=O)COc3ccc(Br)cc3)cc2OCC)cc1. The summed E-state index contributed by atoms with van der Waals surface area (Å²) in [6.45, 7) is 4.66. The number of hydrazone groups is 1. The molecule has 1 amide bonds. The van der Waals surface area contributed by atoms with Crippen molar-refractivity contribution in [3.63, 3.8) is 0 Å². The van der Waals surface area contributed by atoms with Gasteiger partial charge in [-0.1, -0.05) is 22.9 Å². The van der Waals surface area contributed by atoms with Crippen molar-refractivity contribution in [3.8, 4) is 23.0 Å². The molecule has 9 heteroatoms. The molecule has 0 heterocycles. The lowest BCUT2D eigenvalue weighted by atomic mass is 10.2. The molecule has 1 N–H and O–H groups in total. The van der Waals surface area contributed by atoms with E-state index < -0.39 is 11.9 Å². The Morgan fingerprint density at radius 2 is 1.58 bits per heavy atom. The third kappa shape index (κ3) is 8.42. The highest BCUT2D eigenvalue weighted by molar-refractivity contribution is 9.10. The predicted molar refractivity (Wildman–Crippen MR) is 140 cm³/mol. The molecule has 3 aromatic carbocycles. The lowest BCUT2D eigenvalue weighted by Gasteiger charge is -2.12. The van der Waals surface area contributed by atoms with Crippen molar-refractivity contribution in [3.05, 3.63) is 82.3 Å². The maximum Gasteiger partial charge on any atom is 0.343 e. The summed E-state index contributed by atoms with van der Waals surface area (Å²) in [6, 6.07) is 18.9. The fourth-order valence-electron chi connectivity index (χ4n) is 2.91. The normalized spacial score (nSPS) is 10.6. The second kappa shape index (κ2) is 13.9. The molecule has 0 aliphatic rings. The number of esters is 1. The van der Waals surface area contributed by atoms with Crippen LogP contribution in [0.4, 0.5) is 0 Å². The molecule has 0 fully saturated rings. The molecule has 188 valence electrons. The van der Waals surface area contributed by atoms with Crippen LogP contribution in [0.25, 0.3) is 0 Å². The van der Waals surface area contributed by atoms with Crippen LogP contribution >= 0.6 is 15.9 Å². The summed E-state index contributed by atoms with van der Waals surface area (Å²) >= 11 is 3.34. The minimum Gasteiger partial charge on any atom is -0.494 e. The van der Waals surface area contributed by atoms with Crippen LogP contribution in [0.3, 0.4) is 0 Å². The fourth-order valence-corrected chi connectivity index (χ4v) is 3.18. The van der Waals surface area contributed by atoms with E-state index in [0.717, 1.165) is 10.9 Å². The average Bonchev–Trinajstić information content (AvgIpc) is 2.89.